The van der Waals surface area contributed by atoms with Gasteiger partial charge in [0.2, 0.25) is 10.0 Å². The predicted octanol–water partition coefficient (Wildman–Crippen LogP) is 1.91. The lowest BCUT2D eigenvalue weighted by molar-refractivity contribution is 0.0730. The minimum atomic E-state index is -3.61. The normalized spacial score (nSPS) is 18.4. The molecular formula is C21H24N4O3S. The van der Waals surface area contributed by atoms with Gasteiger partial charge in [-0.1, -0.05) is 18.2 Å². The second-order valence-electron chi connectivity index (χ2n) is 7.12. The Hall–Kier alpha value is -2.60. The summed E-state index contributed by atoms with van der Waals surface area (Å²) in [4.78, 5) is 4.64. The van der Waals surface area contributed by atoms with E-state index in [1.54, 1.807) is 12.1 Å². The molecule has 0 aromatic heterocycles. The fourth-order valence-electron chi connectivity index (χ4n) is 3.82. The van der Waals surface area contributed by atoms with Gasteiger partial charge in [-0.2, -0.15) is 9.57 Å². The number of hydrogen-bond acceptors (Lipinski definition) is 6. The highest BCUT2D eigenvalue weighted by Crippen LogP contribution is 2.27. The Balaban J connectivity index is 1.51. The van der Waals surface area contributed by atoms with Crippen molar-refractivity contribution in [2.75, 3.05) is 62.3 Å². The van der Waals surface area contributed by atoms with Crippen LogP contribution in [0.25, 0.3) is 0 Å². The third-order valence-corrected chi connectivity index (χ3v) is 7.33. The molecule has 0 radical (unpaired) electrons. The Morgan fingerprint density at radius 1 is 0.862 bits per heavy atom. The SMILES string of the molecule is N#Cc1cc(S(=O)(=O)N2CCOCC2)ccc1N1CCN(c2ccccc2)CC1. The van der Waals surface area contributed by atoms with Gasteiger partial charge in [-0.15, -0.1) is 0 Å². The molecule has 2 aromatic carbocycles. The number of nitrogens with zero attached hydrogens (tertiary/aromatic N) is 4. The molecule has 0 amide bonds. The summed E-state index contributed by atoms with van der Waals surface area (Å²) >= 11 is 0. The zero-order valence-electron chi connectivity index (χ0n) is 16.2. The number of sulfonamides is 1. The number of hydrogen-bond donors (Lipinski definition) is 0. The first-order valence-corrected chi connectivity index (χ1v) is 11.2. The summed E-state index contributed by atoms with van der Waals surface area (Å²) in [6.07, 6.45) is 0. The van der Waals surface area contributed by atoms with E-state index in [0.717, 1.165) is 31.9 Å². The van der Waals surface area contributed by atoms with E-state index in [9.17, 15) is 13.7 Å². The van der Waals surface area contributed by atoms with Gasteiger partial charge in [-0.05, 0) is 30.3 Å². The molecule has 0 N–H and O–H groups in total. The summed E-state index contributed by atoms with van der Waals surface area (Å²) in [7, 11) is -3.61. The van der Waals surface area contributed by atoms with E-state index >= 15 is 0 Å². The molecule has 0 atom stereocenters. The lowest BCUT2D eigenvalue weighted by Gasteiger charge is -2.37. The molecule has 2 saturated heterocycles. The number of nitriles is 1. The molecule has 0 saturated carbocycles. The van der Waals surface area contributed by atoms with Crippen LogP contribution in [-0.2, 0) is 14.8 Å². The van der Waals surface area contributed by atoms with Gasteiger partial charge >= 0.3 is 0 Å². The second kappa shape index (κ2) is 8.41. The van der Waals surface area contributed by atoms with E-state index in [0.29, 0.717) is 31.9 Å². The number of morpholine rings is 1. The Labute approximate surface area is 171 Å². The topological polar surface area (TPSA) is 76.9 Å². The smallest absolute Gasteiger partial charge is 0.243 e. The molecule has 0 aliphatic carbocycles. The quantitative estimate of drug-likeness (QED) is 0.764. The highest BCUT2D eigenvalue weighted by Gasteiger charge is 2.28. The average Bonchev–Trinajstić information content (AvgIpc) is 2.80. The van der Waals surface area contributed by atoms with Gasteiger partial charge in [0.1, 0.15) is 6.07 Å². The van der Waals surface area contributed by atoms with Gasteiger partial charge < -0.3 is 14.5 Å². The van der Waals surface area contributed by atoms with Crippen molar-refractivity contribution in [3.63, 3.8) is 0 Å². The molecule has 4 rings (SSSR count). The van der Waals surface area contributed by atoms with Gasteiger partial charge in [-0.3, -0.25) is 0 Å². The van der Waals surface area contributed by atoms with Gasteiger partial charge in [-0.25, -0.2) is 8.42 Å². The van der Waals surface area contributed by atoms with Crippen molar-refractivity contribution in [3.8, 4) is 6.07 Å². The van der Waals surface area contributed by atoms with Crippen molar-refractivity contribution in [1.82, 2.24) is 4.31 Å². The first kappa shape index (κ1) is 19.7. The number of ether oxygens (including phenoxy) is 1. The zero-order valence-corrected chi connectivity index (χ0v) is 17.0. The number of para-hydroxylation sites is 1. The largest absolute Gasteiger partial charge is 0.379 e. The highest BCUT2D eigenvalue weighted by molar-refractivity contribution is 7.89. The van der Waals surface area contributed by atoms with Crippen LogP contribution in [0.2, 0.25) is 0 Å². The molecule has 7 nitrogen and oxygen atoms in total. The maximum atomic E-state index is 12.9. The Kier molecular flexibility index (Phi) is 5.72. The molecule has 2 aromatic rings. The Morgan fingerprint density at radius 3 is 2.17 bits per heavy atom. The molecule has 0 unspecified atom stereocenters. The highest BCUT2D eigenvalue weighted by atomic mass is 32.2. The monoisotopic (exact) mass is 412 g/mol. The van der Waals surface area contributed by atoms with Crippen LogP contribution in [-0.4, -0.2) is 65.2 Å². The summed E-state index contributed by atoms with van der Waals surface area (Å²) in [6.45, 7) is 4.73. The van der Waals surface area contributed by atoms with Crippen LogP contribution in [0.3, 0.4) is 0 Å². The number of anilines is 2. The maximum Gasteiger partial charge on any atom is 0.243 e. The van der Waals surface area contributed by atoms with Crippen LogP contribution in [0, 0.1) is 11.3 Å². The lowest BCUT2D eigenvalue weighted by Crippen LogP contribution is -2.46. The Bertz CT molecular complexity index is 990. The van der Waals surface area contributed by atoms with Crippen LogP contribution in [0.4, 0.5) is 11.4 Å². The molecule has 2 fully saturated rings. The third kappa shape index (κ3) is 4.08. The minimum absolute atomic E-state index is 0.169. The van der Waals surface area contributed by atoms with Crippen LogP contribution in [0.1, 0.15) is 5.56 Å². The van der Waals surface area contributed by atoms with Crippen molar-refractivity contribution in [2.24, 2.45) is 0 Å². The van der Waals surface area contributed by atoms with Gasteiger partial charge in [0, 0.05) is 45.0 Å². The number of rotatable bonds is 4. The maximum absolute atomic E-state index is 12.9. The number of piperazine rings is 1. The summed E-state index contributed by atoms with van der Waals surface area (Å²) in [5, 5.41) is 9.66. The molecule has 2 aliphatic rings. The fourth-order valence-corrected chi connectivity index (χ4v) is 5.26. The molecule has 0 bridgehead atoms. The van der Waals surface area contributed by atoms with Crippen molar-refractivity contribution in [3.05, 3.63) is 54.1 Å². The van der Waals surface area contributed by atoms with E-state index < -0.39 is 10.0 Å². The molecular weight excluding hydrogens is 388 g/mol. The molecule has 29 heavy (non-hydrogen) atoms. The van der Waals surface area contributed by atoms with Crippen LogP contribution < -0.4 is 9.80 Å². The van der Waals surface area contributed by atoms with E-state index in [-0.39, 0.29) is 4.90 Å². The predicted molar refractivity (Wildman–Crippen MR) is 112 cm³/mol. The summed E-state index contributed by atoms with van der Waals surface area (Å²) in [5.74, 6) is 0. The van der Waals surface area contributed by atoms with E-state index in [1.807, 2.05) is 18.2 Å². The van der Waals surface area contributed by atoms with E-state index in [1.165, 1.54) is 16.1 Å². The lowest BCUT2D eigenvalue weighted by atomic mass is 10.1. The first-order valence-electron chi connectivity index (χ1n) is 9.76. The van der Waals surface area contributed by atoms with E-state index in [2.05, 4.69) is 28.0 Å². The number of benzene rings is 2. The van der Waals surface area contributed by atoms with Crippen molar-refractivity contribution >= 4 is 21.4 Å². The van der Waals surface area contributed by atoms with Crippen molar-refractivity contribution in [2.45, 2.75) is 4.90 Å². The Morgan fingerprint density at radius 2 is 1.52 bits per heavy atom. The van der Waals surface area contributed by atoms with Gasteiger partial charge in [0.05, 0.1) is 29.4 Å². The third-order valence-electron chi connectivity index (χ3n) is 5.44. The van der Waals surface area contributed by atoms with Crippen molar-refractivity contribution in [1.29, 1.82) is 5.26 Å². The molecule has 152 valence electrons. The standard InChI is InChI=1S/C21H24N4O3S/c22-17-18-16-20(29(26,27)25-12-14-28-15-13-25)6-7-21(18)24-10-8-23(9-11-24)19-4-2-1-3-5-19/h1-7,16H,8-15H2. The molecule has 8 heteroatoms. The molecule has 0 spiro atoms. The minimum Gasteiger partial charge on any atom is -0.379 e. The summed E-state index contributed by atoms with van der Waals surface area (Å²) in [6, 6.07) is 17.3. The molecule has 2 heterocycles. The van der Waals surface area contributed by atoms with Gasteiger partial charge in [0.25, 0.3) is 0 Å². The second-order valence-corrected chi connectivity index (χ2v) is 9.05. The first-order chi connectivity index (χ1) is 14.1. The summed E-state index contributed by atoms with van der Waals surface area (Å²) in [5.41, 5.74) is 2.38. The average molecular weight is 413 g/mol. The van der Waals surface area contributed by atoms with Crippen LogP contribution >= 0.6 is 0 Å². The zero-order chi connectivity index (χ0) is 20.3. The van der Waals surface area contributed by atoms with Crippen molar-refractivity contribution < 1.29 is 13.2 Å². The fraction of sp³-hybridized carbons (Fsp3) is 0.381. The summed E-state index contributed by atoms with van der Waals surface area (Å²) < 4.78 is 32.4. The molecule has 2 aliphatic heterocycles. The van der Waals surface area contributed by atoms with Crippen LogP contribution in [0.5, 0.6) is 0 Å². The van der Waals surface area contributed by atoms with Crippen LogP contribution in [0.15, 0.2) is 53.4 Å². The van der Waals surface area contributed by atoms with E-state index in [4.69, 9.17) is 4.74 Å². The van der Waals surface area contributed by atoms with Gasteiger partial charge in [0.15, 0.2) is 0 Å².